The van der Waals surface area contributed by atoms with Crippen LogP contribution in [-0.2, 0) is 6.61 Å². The molecule has 6 heteroatoms. The van der Waals surface area contributed by atoms with Crippen molar-refractivity contribution in [2.24, 2.45) is 0 Å². The van der Waals surface area contributed by atoms with Crippen LogP contribution in [0.3, 0.4) is 0 Å². The number of anilines is 1. The SMILES string of the molecule is COc1ccc(COc2c(N)cc(C#N)cc2I)cc1Br. The zero-order valence-corrected chi connectivity index (χ0v) is 14.9. The van der Waals surface area contributed by atoms with Crippen LogP contribution in [0.4, 0.5) is 5.69 Å². The van der Waals surface area contributed by atoms with Gasteiger partial charge in [0.1, 0.15) is 12.4 Å². The van der Waals surface area contributed by atoms with Gasteiger partial charge in [0.25, 0.3) is 0 Å². The number of ether oxygens (including phenoxy) is 2. The van der Waals surface area contributed by atoms with Gasteiger partial charge in [-0.25, -0.2) is 0 Å². The number of nitrogen functional groups attached to an aromatic ring is 1. The Morgan fingerprint density at radius 1 is 1.33 bits per heavy atom. The molecule has 2 aromatic rings. The van der Waals surface area contributed by atoms with Crippen molar-refractivity contribution in [3.05, 3.63) is 49.5 Å². The lowest BCUT2D eigenvalue weighted by molar-refractivity contribution is 0.305. The van der Waals surface area contributed by atoms with Gasteiger partial charge in [-0.15, -0.1) is 0 Å². The van der Waals surface area contributed by atoms with Crippen molar-refractivity contribution >= 4 is 44.2 Å². The summed E-state index contributed by atoms with van der Waals surface area (Å²) < 4.78 is 12.7. The molecule has 0 aliphatic carbocycles. The van der Waals surface area contributed by atoms with Gasteiger partial charge in [0.05, 0.1) is 32.5 Å². The van der Waals surface area contributed by atoms with Gasteiger partial charge in [0.15, 0.2) is 5.75 Å². The number of halogens is 2. The Labute approximate surface area is 145 Å². The van der Waals surface area contributed by atoms with Gasteiger partial charge in [-0.2, -0.15) is 5.26 Å². The molecule has 0 saturated heterocycles. The highest BCUT2D eigenvalue weighted by atomic mass is 127. The maximum absolute atomic E-state index is 8.90. The number of methoxy groups -OCH3 is 1. The molecule has 0 heterocycles. The van der Waals surface area contributed by atoms with E-state index >= 15 is 0 Å². The number of rotatable bonds is 4. The quantitative estimate of drug-likeness (QED) is 0.553. The molecular weight excluding hydrogens is 447 g/mol. The van der Waals surface area contributed by atoms with Crippen LogP contribution >= 0.6 is 38.5 Å². The second-order valence-corrected chi connectivity index (χ2v) is 6.26. The molecule has 4 nitrogen and oxygen atoms in total. The highest BCUT2D eigenvalue weighted by Gasteiger charge is 2.09. The molecule has 2 rings (SSSR count). The Morgan fingerprint density at radius 2 is 2.10 bits per heavy atom. The second-order valence-electron chi connectivity index (χ2n) is 4.25. The molecular formula is C15H12BrIN2O2. The van der Waals surface area contributed by atoms with Gasteiger partial charge in [0.2, 0.25) is 0 Å². The maximum Gasteiger partial charge on any atom is 0.156 e. The lowest BCUT2D eigenvalue weighted by Gasteiger charge is -2.12. The highest BCUT2D eigenvalue weighted by molar-refractivity contribution is 14.1. The van der Waals surface area contributed by atoms with E-state index in [1.54, 1.807) is 19.2 Å². The lowest BCUT2D eigenvalue weighted by Crippen LogP contribution is -2.01. The molecule has 2 N–H and O–H groups in total. The Kier molecular flexibility index (Phi) is 5.31. The van der Waals surface area contributed by atoms with E-state index in [2.05, 4.69) is 44.6 Å². The molecule has 0 unspecified atom stereocenters. The molecule has 0 bridgehead atoms. The third-order valence-corrected chi connectivity index (χ3v) is 4.22. The summed E-state index contributed by atoms with van der Waals surface area (Å²) in [5.74, 6) is 1.37. The standard InChI is InChI=1S/C15H12BrIN2O2/c1-20-14-3-2-9(4-11(14)16)8-21-15-12(17)5-10(7-18)6-13(15)19/h2-6H,8,19H2,1H3. The van der Waals surface area contributed by atoms with Crippen LogP contribution in [0.15, 0.2) is 34.8 Å². The monoisotopic (exact) mass is 458 g/mol. The molecule has 0 saturated carbocycles. The zero-order chi connectivity index (χ0) is 15.4. The highest BCUT2D eigenvalue weighted by Crippen LogP contribution is 2.31. The minimum atomic E-state index is 0.384. The van der Waals surface area contributed by atoms with Crippen LogP contribution < -0.4 is 15.2 Å². The number of hydrogen-bond acceptors (Lipinski definition) is 4. The summed E-state index contributed by atoms with van der Waals surface area (Å²) in [6, 6.07) is 11.2. The van der Waals surface area contributed by atoms with Crippen LogP contribution in [0.2, 0.25) is 0 Å². The third kappa shape index (κ3) is 3.80. The van der Waals surface area contributed by atoms with Crippen molar-refractivity contribution in [3.8, 4) is 17.6 Å². The summed E-state index contributed by atoms with van der Waals surface area (Å²) in [7, 11) is 1.62. The molecule has 0 aromatic heterocycles. The Balaban J connectivity index is 2.17. The van der Waals surface area contributed by atoms with E-state index in [1.807, 2.05) is 18.2 Å². The molecule has 0 fully saturated rings. The number of nitrogens with two attached hydrogens (primary N) is 1. The fourth-order valence-electron chi connectivity index (χ4n) is 1.79. The van der Waals surface area contributed by atoms with Crippen LogP contribution in [0.1, 0.15) is 11.1 Å². The molecule has 0 atom stereocenters. The first-order valence-electron chi connectivity index (χ1n) is 5.99. The van der Waals surface area contributed by atoms with Crippen molar-refractivity contribution in [2.45, 2.75) is 6.61 Å². The first kappa shape index (κ1) is 15.9. The molecule has 2 aromatic carbocycles. The average molecular weight is 459 g/mol. The normalized spacial score (nSPS) is 10.0. The second kappa shape index (κ2) is 7.00. The van der Waals surface area contributed by atoms with E-state index in [0.717, 1.165) is 19.4 Å². The largest absolute Gasteiger partial charge is 0.496 e. The van der Waals surface area contributed by atoms with Crippen LogP contribution in [-0.4, -0.2) is 7.11 Å². The van der Waals surface area contributed by atoms with Gasteiger partial charge in [-0.05, 0) is 68.3 Å². The predicted molar refractivity (Wildman–Crippen MR) is 93.3 cm³/mol. The number of benzene rings is 2. The van der Waals surface area contributed by atoms with E-state index in [4.69, 9.17) is 20.5 Å². The maximum atomic E-state index is 8.90. The van der Waals surface area contributed by atoms with Crippen molar-refractivity contribution in [2.75, 3.05) is 12.8 Å². The minimum Gasteiger partial charge on any atom is -0.496 e. The molecule has 0 aliphatic heterocycles. The number of nitrogens with zero attached hydrogens (tertiary/aromatic N) is 1. The summed E-state index contributed by atoms with van der Waals surface area (Å²) in [6.07, 6.45) is 0. The molecule has 21 heavy (non-hydrogen) atoms. The van der Waals surface area contributed by atoms with E-state index in [-0.39, 0.29) is 0 Å². The van der Waals surface area contributed by atoms with Crippen molar-refractivity contribution in [1.29, 1.82) is 5.26 Å². The first-order valence-corrected chi connectivity index (χ1v) is 7.86. The van der Waals surface area contributed by atoms with Crippen LogP contribution in [0.25, 0.3) is 0 Å². The van der Waals surface area contributed by atoms with Gasteiger partial charge in [0, 0.05) is 0 Å². The predicted octanol–water partition coefficient (Wildman–Crippen LogP) is 4.10. The molecule has 0 radical (unpaired) electrons. The minimum absolute atomic E-state index is 0.384. The van der Waals surface area contributed by atoms with Gasteiger partial charge in [-0.3, -0.25) is 0 Å². The van der Waals surface area contributed by atoms with Crippen molar-refractivity contribution in [3.63, 3.8) is 0 Å². The van der Waals surface area contributed by atoms with Gasteiger partial charge < -0.3 is 15.2 Å². The number of hydrogen-bond donors (Lipinski definition) is 1. The Hall–Kier alpha value is -1.46. The van der Waals surface area contributed by atoms with Crippen LogP contribution in [0, 0.1) is 14.9 Å². The summed E-state index contributed by atoms with van der Waals surface area (Å²) >= 11 is 5.55. The van der Waals surface area contributed by atoms with Gasteiger partial charge in [-0.1, -0.05) is 6.07 Å². The lowest BCUT2D eigenvalue weighted by atomic mass is 10.2. The summed E-state index contributed by atoms with van der Waals surface area (Å²) in [4.78, 5) is 0. The number of nitriles is 1. The Morgan fingerprint density at radius 3 is 2.67 bits per heavy atom. The van der Waals surface area contributed by atoms with E-state index < -0.39 is 0 Å². The molecule has 0 spiro atoms. The summed E-state index contributed by atoms with van der Waals surface area (Å²) in [5, 5.41) is 8.90. The fraction of sp³-hybridized carbons (Fsp3) is 0.133. The van der Waals surface area contributed by atoms with Crippen LogP contribution in [0.5, 0.6) is 11.5 Å². The van der Waals surface area contributed by atoms with Gasteiger partial charge >= 0.3 is 0 Å². The zero-order valence-electron chi connectivity index (χ0n) is 11.2. The van der Waals surface area contributed by atoms with E-state index in [9.17, 15) is 0 Å². The molecule has 0 amide bonds. The third-order valence-electron chi connectivity index (χ3n) is 2.80. The molecule has 0 aliphatic rings. The topological polar surface area (TPSA) is 68.3 Å². The van der Waals surface area contributed by atoms with E-state index in [0.29, 0.717) is 23.6 Å². The summed E-state index contributed by atoms with van der Waals surface area (Å²) in [5.41, 5.74) is 7.90. The summed E-state index contributed by atoms with van der Waals surface area (Å²) in [6.45, 7) is 0.384. The van der Waals surface area contributed by atoms with Crippen molar-refractivity contribution < 1.29 is 9.47 Å². The average Bonchev–Trinajstić information content (AvgIpc) is 2.46. The van der Waals surface area contributed by atoms with E-state index in [1.165, 1.54) is 0 Å². The molecule has 108 valence electrons. The first-order chi connectivity index (χ1) is 10.0. The van der Waals surface area contributed by atoms with Crippen molar-refractivity contribution in [1.82, 2.24) is 0 Å². The smallest absolute Gasteiger partial charge is 0.156 e. The fourth-order valence-corrected chi connectivity index (χ4v) is 3.18. The Bertz CT molecular complexity index is 690.